The fourth-order valence-electron chi connectivity index (χ4n) is 2.47. The summed E-state index contributed by atoms with van der Waals surface area (Å²) in [6, 6.07) is 3.50. The highest BCUT2D eigenvalue weighted by Gasteiger charge is 2.37. The van der Waals surface area contributed by atoms with Crippen LogP contribution >= 0.6 is 11.8 Å². The van der Waals surface area contributed by atoms with Crippen LogP contribution in [0, 0.1) is 0 Å². The Labute approximate surface area is 149 Å². The first-order valence-corrected chi connectivity index (χ1v) is 8.65. The van der Waals surface area contributed by atoms with Crippen LogP contribution < -0.4 is 4.90 Å². The molecule has 0 aromatic carbocycles. The van der Waals surface area contributed by atoms with Gasteiger partial charge in [-0.05, 0) is 17.8 Å². The van der Waals surface area contributed by atoms with Crippen LogP contribution in [0.15, 0.2) is 21.5 Å². The molecule has 9 heteroatoms. The highest BCUT2D eigenvalue weighted by atomic mass is 32.2. The fourth-order valence-corrected chi connectivity index (χ4v) is 3.29. The maximum atomic E-state index is 12.4. The first-order chi connectivity index (χ1) is 12.0. The SMILES string of the molecule is CN(C)c1ccc(/C=C2\SC(=O)N(CC(=O)N3CCOCC3)C2=O)o1. The zero-order valence-corrected chi connectivity index (χ0v) is 14.9. The average molecular weight is 365 g/mol. The molecule has 2 saturated heterocycles. The van der Waals surface area contributed by atoms with E-state index in [0.29, 0.717) is 37.9 Å². The fraction of sp³-hybridized carbons (Fsp3) is 0.438. The lowest BCUT2D eigenvalue weighted by atomic mass is 10.3. The van der Waals surface area contributed by atoms with Crippen LogP contribution in [0.25, 0.3) is 6.08 Å². The van der Waals surface area contributed by atoms with Crippen molar-refractivity contribution in [2.75, 3.05) is 51.8 Å². The number of carbonyl (C=O) groups excluding carboxylic acids is 3. The first kappa shape index (κ1) is 17.6. The molecule has 0 aliphatic carbocycles. The van der Waals surface area contributed by atoms with Crippen LogP contribution in [0.5, 0.6) is 0 Å². The lowest BCUT2D eigenvalue weighted by Gasteiger charge is -2.27. The van der Waals surface area contributed by atoms with Gasteiger partial charge in [0, 0.05) is 39.3 Å². The topological polar surface area (TPSA) is 83.3 Å². The summed E-state index contributed by atoms with van der Waals surface area (Å²) in [5.41, 5.74) is 0. The molecule has 2 aliphatic heterocycles. The number of furan rings is 1. The summed E-state index contributed by atoms with van der Waals surface area (Å²) < 4.78 is 10.8. The molecule has 25 heavy (non-hydrogen) atoms. The number of imide groups is 1. The molecule has 3 rings (SSSR count). The zero-order valence-electron chi connectivity index (χ0n) is 14.1. The van der Waals surface area contributed by atoms with Gasteiger partial charge in [-0.3, -0.25) is 19.3 Å². The number of nitrogens with zero attached hydrogens (tertiary/aromatic N) is 3. The van der Waals surface area contributed by atoms with E-state index >= 15 is 0 Å². The van der Waals surface area contributed by atoms with E-state index in [4.69, 9.17) is 9.15 Å². The highest BCUT2D eigenvalue weighted by Crippen LogP contribution is 2.33. The minimum atomic E-state index is -0.473. The lowest BCUT2D eigenvalue weighted by molar-refractivity contribution is -0.139. The van der Waals surface area contributed by atoms with E-state index < -0.39 is 11.1 Å². The first-order valence-electron chi connectivity index (χ1n) is 7.84. The number of ether oxygens (including phenoxy) is 1. The van der Waals surface area contributed by atoms with Crippen LogP contribution in [-0.2, 0) is 14.3 Å². The predicted molar refractivity (Wildman–Crippen MR) is 93.1 cm³/mol. The summed E-state index contributed by atoms with van der Waals surface area (Å²) in [5.74, 6) is 0.404. The Morgan fingerprint density at radius 2 is 2.00 bits per heavy atom. The number of rotatable bonds is 4. The minimum Gasteiger partial charge on any atom is -0.441 e. The Morgan fingerprint density at radius 3 is 2.64 bits per heavy atom. The molecule has 0 N–H and O–H groups in total. The molecular weight excluding hydrogens is 346 g/mol. The van der Waals surface area contributed by atoms with Gasteiger partial charge in [-0.15, -0.1) is 0 Å². The maximum Gasteiger partial charge on any atom is 0.294 e. The molecule has 8 nitrogen and oxygen atoms in total. The van der Waals surface area contributed by atoms with Crippen LogP contribution in [0.1, 0.15) is 5.76 Å². The molecule has 2 aliphatic rings. The lowest BCUT2D eigenvalue weighted by Crippen LogP contribution is -2.46. The molecule has 0 spiro atoms. The molecular formula is C16H19N3O5S. The Bertz CT molecular complexity index is 721. The second-order valence-electron chi connectivity index (χ2n) is 5.83. The van der Waals surface area contributed by atoms with Crippen molar-refractivity contribution in [3.63, 3.8) is 0 Å². The van der Waals surface area contributed by atoms with Crippen molar-refractivity contribution in [1.29, 1.82) is 0 Å². The maximum absolute atomic E-state index is 12.4. The molecule has 134 valence electrons. The van der Waals surface area contributed by atoms with Gasteiger partial charge >= 0.3 is 0 Å². The molecule has 0 saturated carbocycles. The van der Waals surface area contributed by atoms with Gasteiger partial charge in [-0.2, -0.15) is 0 Å². The summed E-state index contributed by atoms with van der Waals surface area (Å²) in [5, 5.41) is -0.447. The molecule has 3 heterocycles. The van der Waals surface area contributed by atoms with E-state index in [1.54, 1.807) is 21.9 Å². The van der Waals surface area contributed by atoms with Crippen molar-refractivity contribution < 1.29 is 23.5 Å². The van der Waals surface area contributed by atoms with Crippen molar-refractivity contribution >= 4 is 40.8 Å². The number of hydrogen-bond acceptors (Lipinski definition) is 7. The summed E-state index contributed by atoms with van der Waals surface area (Å²) in [6.07, 6.45) is 1.52. The Morgan fingerprint density at radius 1 is 1.28 bits per heavy atom. The highest BCUT2D eigenvalue weighted by molar-refractivity contribution is 8.18. The van der Waals surface area contributed by atoms with Crippen molar-refractivity contribution in [3.8, 4) is 0 Å². The third-order valence-corrected chi connectivity index (χ3v) is 4.76. The van der Waals surface area contributed by atoms with Crippen LogP contribution in [0.3, 0.4) is 0 Å². The number of carbonyl (C=O) groups is 3. The molecule has 0 radical (unpaired) electrons. The van der Waals surface area contributed by atoms with Crippen molar-refractivity contribution in [3.05, 3.63) is 22.8 Å². The van der Waals surface area contributed by atoms with E-state index in [9.17, 15) is 14.4 Å². The standard InChI is InChI=1S/C16H19N3O5S/c1-17(2)14-4-3-11(24-14)9-12-15(21)19(16(22)25-12)10-13(20)18-5-7-23-8-6-18/h3-4,9H,5-8,10H2,1-2H3/b12-9-. The van der Waals surface area contributed by atoms with Crippen LogP contribution in [0.4, 0.5) is 10.7 Å². The average Bonchev–Trinajstić information content (AvgIpc) is 3.16. The molecule has 0 unspecified atom stereocenters. The third kappa shape index (κ3) is 3.88. The van der Waals surface area contributed by atoms with Gasteiger partial charge in [0.2, 0.25) is 5.91 Å². The van der Waals surface area contributed by atoms with E-state index in [1.807, 2.05) is 14.1 Å². The van der Waals surface area contributed by atoms with Gasteiger partial charge < -0.3 is 19.0 Å². The van der Waals surface area contributed by atoms with E-state index in [2.05, 4.69) is 0 Å². The normalized spacial score (nSPS) is 19.8. The Hall–Kier alpha value is -2.26. The Kier molecular flexibility index (Phi) is 5.14. The largest absolute Gasteiger partial charge is 0.441 e. The third-order valence-electron chi connectivity index (χ3n) is 3.86. The summed E-state index contributed by atoms with van der Waals surface area (Å²) in [6.45, 7) is 1.65. The smallest absolute Gasteiger partial charge is 0.294 e. The van der Waals surface area contributed by atoms with Gasteiger partial charge in [0.25, 0.3) is 11.1 Å². The monoisotopic (exact) mass is 365 g/mol. The van der Waals surface area contributed by atoms with Crippen molar-refractivity contribution in [2.24, 2.45) is 0 Å². The summed E-state index contributed by atoms with van der Waals surface area (Å²) in [7, 11) is 3.68. The van der Waals surface area contributed by atoms with Crippen LogP contribution in [0.2, 0.25) is 0 Å². The molecule has 0 atom stereocenters. The van der Waals surface area contributed by atoms with Gasteiger partial charge in [0.05, 0.1) is 18.1 Å². The quantitative estimate of drug-likeness (QED) is 0.742. The van der Waals surface area contributed by atoms with Gasteiger partial charge in [0.15, 0.2) is 5.88 Å². The molecule has 2 fully saturated rings. The van der Waals surface area contributed by atoms with Crippen LogP contribution in [-0.4, -0.2) is 73.8 Å². The van der Waals surface area contributed by atoms with E-state index in [1.165, 1.54) is 6.08 Å². The number of amides is 3. The van der Waals surface area contributed by atoms with E-state index in [-0.39, 0.29) is 17.4 Å². The number of hydrogen-bond donors (Lipinski definition) is 0. The van der Waals surface area contributed by atoms with Crippen molar-refractivity contribution in [2.45, 2.75) is 0 Å². The zero-order chi connectivity index (χ0) is 18.0. The van der Waals surface area contributed by atoms with E-state index in [0.717, 1.165) is 16.7 Å². The molecule has 1 aromatic rings. The Balaban J connectivity index is 1.68. The second-order valence-corrected chi connectivity index (χ2v) is 6.82. The summed E-state index contributed by atoms with van der Waals surface area (Å²) >= 11 is 0.812. The predicted octanol–water partition coefficient (Wildman–Crippen LogP) is 1.24. The molecule has 1 aromatic heterocycles. The molecule has 3 amide bonds. The van der Waals surface area contributed by atoms with Crippen molar-refractivity contribution in [1.82, 2.24) is 9.80 Å². The van der Waals surface area contributed by atoms with Gasteiger partial charge in [0.1, 0.15) is 12.3 Å². The number of thioether (sulfide) groups is 1. The summed E-state index contributed by atoms with van der Waals surface area (Å²) in [4.78, 5) is 41.4. The van der Waals surface area contributed by atoms with Gasteiger partial charge in [-0.1, -0.05) is 0 Å². The molecule has 0 bridgehead atoms. The minimum absolute atomic E-state index is 0.247. The number of morpholine rings is 1. The van der Waals surface area contributed by atoms with Gasteiger partial charge in [-0.25, -0.2) is 0 Å². The number of anilines is 1. The second kappa shape index (κ2) is 7.32.